The Morgan fingerprint density at radius 3 is 1.97 bits per heavy atom. The number of aliphatic carboxylic acids is 1. The van der Waals surface area contributed by atoms with Gasteiger partial charge in [-0.25, -0.2) is 4.79 Å². The minimum Gasteiger partial charge on any atom is -0.480 e. The van der Waals surface area contributed by atoms with Crippen LogP contribution in [0.5, 0.6) is 0 Å². The van der Waals surface area contributed by atoms with E-state index in [0.29, 0.717) is 11.1 Å². The van der Waals surface area contributed by atoms with E-state index in [4.69, 9.17) is 0 Å². The fourth-order valence-corrected chi connectivity index (χ4v) is 3.53. The van der Waals surface area contributed by atoms with E-state index in [0.717, 1.165) is 5.56 Å². The van der Waals surface area contributed by atoms with Crippen molar-refractivity contribution < 1.29 is 24.3 Å². The standard InChI is InChI=1S/C24H17NO5/c26-21-16-8-4-5-9-17(16)22(27)19-13-15(10-11-18(19)21)23(28)25-20(24(29)30)12-14-6-2-1-3-7-14/h1-11,13,20H,12H2,(H,25,28)(H,29,30). The average molecular weight is 399 g/mol. The van der Waals surface area contributed by atoms with E-state index in [1.807, 2.05) is 6.07 Å². The van der Waals surface area contributed by atoms with Crippen LogP contribution < -0.4 is 5.32 Å². The highest BCUT2D eigenvalue weighted by Gasteiger charge is 2.30. The molecule has 2 N–H and O–H groups in total. The second-order valence-electron chi connectivity index (χ2n) is 7.02. The van der Waals surface area contributed by atoms with Gasteiger partial charge in [0, 0.05) is 34.2 Å². The van der Waals surface area contributed by atoms with Crippen LogP contribution in [0.1, 0.15) is 47.8 Å². The predicted molar refractivity (Wildman–Crippen MR) is 109 cm³/mol. The van der Waals surface area contributed by atoms with E-state index < -0.39 is 17.9 Å². The second kappa shape index (κ2) is 7.75. The van der Waals surface area contributed by atoms with Gasteiger partial charge in [0.25, 0.3) is 5.91 Å². The molecule has 0 saturated heterocycles. The molecule has 0 aromatic heterocycles. The first kappa shape index (κ1) is 19.3. The number of hydrogen-bond donors (Lipinski definition) is 2. The van der Waals surface area contributed by atoms with Crippen molar-refractivity contribution in [2.24, 2.45) is 0 Å². The number of carbonyl (C=O) groups excluding carboxylic acids is 3. The molecule has 1 amide bonds. The van der Waals surface area contributed by atoms with E-state index in [1.54, 1.807) is 48.5 Å². The molecule has 1 aliphatic rings. The molecule has 3 aromatic carbocycles. The van der Waals surface area contributed by atoms with Gasteiger partial charge in [0.1, 0.15) is 6.04 Å². The topological polar surface area (TPSA) is 101 Å². The van der Waals surface area contributed by atoms with E-state index in [1.165, 1.54) is 18.2 Å². The largest absolute Gasteiger partial charge is 0.480 e. The predicted octanol–water partition coefficient (Wildman–Crippen LogP) is 2.89. The van der Waals surface area contributed by atoms with Crippen LogP contribution in [-0.4, -0.2) is 34.6 Å². The summed E-state index contributed by atoms with van der Waals surface area (Å²) in [6, 6.07) is 18.6. The monoisotopic (exact) mass is 399 g/mol. The fourth-order valence-electron chi connectivity index (χ4n) is 3.53. The lowest BCUT2D eigenvalue weighted by molar-refractivity contribution is -0.139. The third-order valence-electron chi connectivity index (χ3n) is 5.07. The van der Waals surface area contributed by atoms with Crippen molar-refractivity contribution in [2.75, 3.05) is 0 Å². The Bertz CT molecular complexity index is 1180. The number of amides is 1. The highest BCUT2D eigenvalue weighted by molar-refractivity contribution is 6.28. The molecule has 6 heteroatoms. The van der Waals surface area contributed by atoms with Crippen LogP contribution in [0.4, 0.5) is 0 Å². The lowest BCUT2D eigenvalue weighted by atomic mass is 9.83. The summed E-state index contributed by atoms with van der Waals surface area (Å²) in [5.74, 6) is -2.40. The normalized spacial score (nSPS) is 13.2. The first-order valence-corrected chi connectivity index (χ1v) is 9.36. The van der Waals surface area contributed by atoms with Gasteiger partial charge >= 0.3 is 5.97 Å². The first-order chi connectivity index (χ1) is 14.5. The molecule has 0 saturated carbocycles. The number of fused-ring (bicyclic) bond motifs is 2. The van der Waals surface area contributed by atoms with Crippen molar-refractivity contribution in [2.45, 2.75) is 12.5 Å². The smallest absolute Gasteiger partial charge is 0.326 e. The first-order valence-electron chi connectivity index (χ1n) is 9.36. The maximum atomic E-state index is 12.8. The van der Waals surface area contributed by atoms with Crippen LogP contribution in [0.2, 0.25) is 0 Å². The Balaban J connectivity index is 1.60. The van der Waals surface area contributed by atoms with Gasteiger partial charge in [0.05, 0.1) is 0 Å². The van der Waals surface area contributed by atoms with Gasteiger partial charge in [-0.2, -0.15) is 0 Å². The summed E-state index contributed by atoms with van der Waals surface area (Å²) >= 11 is 0. The molecule has 1 atom stereocenters. The number of hydrogen-bond acceptors (Lipinski definition) is 4. The second-order valence-corrected chi connectivity index (χ2v) is 7.02. The summed E-state index contributed by atoms with van der Waals surface area (Å²) < 4.78 is 0. The zero-order valence-corrected chi connectivity index (χ0v) is 15.8. The van der Waals surface area contributed by atoms with Gasteiger partial charge in [-0.15, -0.1) is 0 Å². The maximum Gasteiger partial charge on any atom is 0.326 e. The molecule has 1 unspecified atom stereocenters. The molecular weight excluding hydrogens is 382 g/mol. The highest BCUT2D eigenvalue weighted by atomic mass is 16.4. The van der Waals surface area contributed by atoms with E-state index in [9.17, 15) is 24.3 Å². The number of carboxylic acid groups (broad SMARTS) is 1. The van der Waals surface area contributed by atoms with Crippen molar-refractivity contribution in [1.29, 1.82) is 0 Å². The van der Waals surface area contributed by atoms with Gasteiger partial charge in [0.2, 0.25) is 0 Å². The third kappa shape index (κ3) is 3.51. The number of ketones is 2. The zero-order chi connectivity index (χ0) is 21.3. The van der Waals surface area contributed by atoms with Gasteiger partial charge < -0.3 is 10.4 Å². The highest BCUT2D eigenvalue weighted by Crippen LogP contribution is 2.27. The maximum absolute atomic E-state index is 12.8. The molecule has 148 valence electrons. The number of rotatable bonds is 5. The van der Waals surface area contributed by atoms with Crippen molar-refractivity contribution in [3.63, 3.8) is 0 Å². The van der Waals surface area contributed by atoms with Gasteiger partial charge in [-0.3, -0.25) is 14.4 Å². The summed E-state index contributed by atoms with van der Waals surface area (Å²) in [4.78, 5) is 49.8. The number of nitrogens with one attached hydrogen (secondary N) is 1. The molecule has 0 radical (unpaired) electrons. The van der Waals surface area contributed by atoms with E-state index in [2.05, 4.69) is 5.32 Å². The van der Waals surface area contributed by atoms with Crippen molar-refractivity contribution in [3.8, 4) is 0 Å². The molecule has 6 nitrogen and oxygen atoms in total. The summed E-state index contributed by atoms with van der Waals surface area (Å²) in [5.41, 5.74) is 1.89. The Morgan fingerprint density at radius 2 is 1.33 bits per heavy atom. The van der Waals surface area contributed by atoms with Gasteiger partial charge in [0.15, 0.2) is 11.6 Å². The minimum atomic E-state index is -1.16. The third-order valence-corrected chi connectivity index (χ3v) is 5.07. The van der Waals surface area contributed by atoms with Crippen LogP contribution in [0.3, 0.4) is 0 Å². The van der Waals surface area contributed by atoms with Crippen molar-refractivity contribution >= 4 is 23.4 Å². The van der Waals surface area contributed by atoms with E-state index >= 15 is 0 Å². The minimum absolute atomic E-state index is 0.119. The molecule has 0 aliphatic heterocycles. The van der Waals surface area contributed by atoms with Crippen molar-refractivity contribution in [3.05, 3.63) is 106 Å². The SMILES string of the molecule is O=C(NC(Cc1ccccc1)C(=O)O)c1ccc2c(c1)C(=O)c1ccccc1C2=O. The Morgan fingerprint density at radius 1 is 0.767 bits per heavy atom. The average Bonchev–Trinajstić information content (AvgIpc) is 2.77. The number of benzene rings is 3. The quantitative estimate of drug-likeness (QED) is 0.537. The van der Waals surface area contributed by atoms with Crippen LogP contribution in [0, 0.1) is 0 Å². The van der Waals surface area contributed by atoms with Crippen LogP contribution in [-0.2, 0) is 11.2 Å². The van der Waals surface area contributed by atoms with Crippen LogP contribution >= 0.6 is 0 Å². The summed E-state index contributed by atoms with van der Waals surface area (Å²) in [5, 5.41) is 12.0. The molecule has 0 heterocycles. The summed E-state index contributed by atoms with van der Waals surface area (Å²) in [6.45, 7) is 0. The number of carboxylic acids is 1. The fraction of sp³-hybridized carbons (Fsp3) is 0.0833. The lowest BCUT2D eigenvalue weighted by Crippen LogP contribution is -2.42. The molecule has 4 rings (SSSR count). The molecule has 0 spiro atoms. The Hall–Kier alpha value is -4.06. The Labute approximate surface area is 172 Å². The Kier molecular flexibility index (Phi) is 4.98. The lowest BCUT2D eigenvalue weighted by Gasteiger charge is -2.19. The molecule has 0 fully saturated rings. The molecule has 1 aliphatic carbocycles. The van der Waals surface area contributed by atoms with E-state index in [-0.39, 0.29) is 34.7 Å². The van der Waals surface area contributed by atoms with Crippen LogP contribution in [0.25, 0.3) is 0 Å². The summed E-state index contributed by atoms with van der Waals surface area (Å²) in [6.07, 6.45) is 0.123. The number of carbonyl (C=O) groups is 4. The molecule has 30 heavy (non-hydrogen) atoms. The molecular formula is C24H17NO5. The van der Waals surface area contributed by atoms with Gasteiger partial charge in [-0.05, 0) is 23.8 Å². The van der Waals surface area contributed by atoms with Crippen LogP contribution in [0.15, 0.2) is 72.8 Å². The molecule has 3 aromatic rings. The zero-order valence-electron chi connectivity index (χ0n) is 15.8. The summed E-state index contributed by atoms with van der Waals surface area (Å²) in [7, 11) is 0. The van der Waals surface area contributed by atoms with Gasteiger partial charge in [-0.1, -0.05) is 54.6 Å². The van der Waals surface area contributed by atoms with Crippen molar-refractivity contribution in [1.82, 2.24) is 5.32 Å². The molecule has 0 bridgehead atoms.